The Morgan fingerprint density at radius 2 is 1.86 bits per heavy atom. The van der Waals surface area contributed by atoms with Crippen LogP contribution in [-0.2, 0) is 9.59 Å². The van der Waals surface area contributed by atoms with E-state index in [1.54, 1.807) is 38.4 Å². The highest BCUT2D eigenvalue weighted by molar-refractivity contribution is 5.97. The number of carbonyl (C=O) groups is 3. The molecule has 6 heteroatoms. The number of nitrogens with one attached hydrogen (secondary N) is 1. The van der Waals surface area contributed by atoms with Gasteiger partial charge in [-0.15, -0.1) is 0 Å². The molecule has 2 N–H and O–H groups in total. The zero-order valence-electron chi connectivity index (χ0n) is 12.6. The van der Waals surface area contributed by atoms with Crippen LogP contribution in [0.4, 0.5) is 5.69 Å². The molecule has 0 aromatic heterocycles. The van der Waals surface area contributed by atoms with E-state index in [0.717, 1.165) is 0 Å². The molecule has 6 nitrogen and oxygen atoms in total. The number of aliphatic carboxylic acids is 1. The third kappa shape index (κ3) is 4.59. The number of rotatable bonds is 5. The van der Waals surface area contributed by atoms with E-state index >= 15 is 0 Å². The summed E-state index contributed by atoms with van der Waals surface area (Å²) in [7, 11) is 3.28. The van der Waals surface area contributed by atoms with E-state index in [1.165, 1.54) is 18.7 Å². The highest BCUT2D eigenvalue weighted by Crippen LogP contribution is 2.21. The van der Waals surface area contributed by atoms with Gasteiger partial charge in [-0.3, -0.25) is 14.4 Å². The Balaban J connectivity index is 2.80. The summed E-state index contributed by atoms with van der Waals surface area (Å²) >= 11 is 0. The fourth-order valence-corrected chi connectivity index (χ4v) is 1.67. The highest BCUT2D eigenvalue weighted by atomic mass is 16.4. The van der Waals surface area contributed by atoms with Gasteiger partial charge in [0.15, 0.2) is 0 Å². The van der Waals surface area contributed by atoms with Gasteiger partial charge >= 0.3 is 5.97 Å². The Hall–Kier alpha value is -2.37. The number of benzene rings is 1. The molecular weight excluding hydrogens is 272 g/mol. The number of carbonyl (C=O) groups excluding carboxylic acids is 2. The number of hydrogen-bond donors (Lipinski definition) is 2. The summed E-state index contributed by atoms with van der Waals surface area (Å²) in [4.78, 5) is 36.1. The van der Waals surface area contributed by atoms with Crippen LogP contribution in [0.3, 0.4) is 0 Å². The quantitative estimate of drug-likeness (QED) is 0.866. The summed E-state index contributed by atoms with van der Waals surface area (Å²) in [5.41, 5.74) is -0.217. The lowest BCUT2D eigenvalue weighted by Gasteiger charge is -2.18. The zero-order valence-corrected chi connectivity index (χ0v) is 12.6. The first-order valence-corrected chi connectivity index (χ1v) is 6.48. The fraction of sp³-hybridized carbons (Fsp3) is 0.400. The molecule has 0 spiro atoms. The van der Waals surface area contributed by atoms with Gasteiger partial charge in [0.25, 0.3) is 5.91 Å². The van der Waals surface area contributed by atoms with Crippen LogP contribution in [0.25, 0.3) is 0 Å². The molecule has 0 saturated carbocycles. The van der Waals surface area contributed by atoms with Gasteiger partial charge in [-0.25, -0.2) is 0 Å². The van der Waals surface area contributed by atoms with E-state index in [4.69, 9.17) is 5.11 Å². The summed E-state index contributed by atoms with van der Waals surface area (Å²) < 4.78 is 0. The molecule has 0 atom stereocenters. The van der Waals surface area contributed by atoms with Crippen molar-refractivity contribution in [2.75, 3.05) is 19.4 Å². The van der Waals surface area contributed by atoms with Gasteiger partial charge in [0.2, 0.25) is 5.91 Å². The molecular formula is C15H20N2O4. The van der Waals surface area contributed by atoms with Crippen molar-refractivity contribution in [1.82, 2.24) is 4.90 Å². The molecule has 1 aromatic carbocycles. The monoisotopic (exact) mass is 292 g/mol. The molecule has 0 aliphatic rings. The SMILES string of the molecule is CN(C)C(=O)c1cccc(NC(=O)CC(C)(C)C(=O)O)c1. The van der Waals surface area contributed by atoms with Gasteiger partial charge < -0.3 is 15.3 Å². The molecule has 114 valence electrons. The summed E-state index contributed by atoms with van der Waals surface area (Å²) in [5.74, 6) is -1.61. The first-order chi connectivity index (χ1) is 9.63. The minimum absolute atomic E-state index is 0.145. The van der Waals surface area contributed by atoms with E-state index in [9.17, 15) is 14.4 Å². The average molecular weight is 292 g/mol. The number of amides is 2. The molecule has 2 amide bonds. The Kier molecular flexibility index (Phi) is 5.07. The van der Waals surface area contributed by atoms with Gasteiger partial charge in [-0.05, 0) is 32.0 Å². The van der Waals surface area contributed by atoms with Crippen LogP contribution in [0.5, 0.6) is 0 Å². The van der Waals surface area contributed by atoms with Crippen LogP contribution in [0.2, 0.25) is 0 Å². The number of carboxylic acids is 1. The second-order valence-electron chi connectivity index (χ2n) is 5.69. The Morgan fingerprint density at radius 3 is 2.38 bits per heavy atom. The molecule has 0 heterocycles. The van der Waals surface area contributed by atoms with Crippen LogP contribution in [0.15, 0.2) is 24.3 Å². The summed E-state index contributed by atoms with van der Waals surface area (Å²) in [6.07, 6.45) is -0.145. The van der Waals surface area contributed by atoms with Crippen molar-refractivity contribution in [3.8, 4) is 0 Å². The van der Waals surface area contributed by atoms with Crippen molar-refractivity contribution < 1.29 is 19.5 Å². The van der Waals surface area contributed by atoms with Crippen LogP contribution in [0.1, 0.15) is 30.6 Å². The zero-order chi connectivity index (χ0) is 16.2. The van der Waals surface area contributed by atoms with Crippen LogP contribution < -0.4 is 5.32 Å². The van der Waals surface area contributed by atoms with Crippen molar-refractivity contribution in [3.63, 3.8) is 0 Å². The summed E-state index contributed by atoms with van der Waals surface area (Å²) in [6.45, 7) is 2.97. The normalized spacial score (nSPS) is 10.9. The molecule has 0 aliphatic heterocycles. The second-order valence-corrected chi connectivity index (χ2v) is 5.69. The molecule has 0 unspecified atom stereocenters. The molecule has 0 saturated heterocycles. The molecule has 1 rings (SSSR count). The minimum Gasteiger partial charge on any atom is -0.481 e. The van der Waals surface area contributed by atoms with E-state index in [0.29, 0.717) is 11.3 Å². The number of anilines is 1. The number of carboxylic acid groups (broad SMARTS) is 1. The highest BCUT2D eigenvalue weighted by Gasteiger charge is 2.30. The largest absolute Gasteiger partial charge is 0.481 e. The van der Waals surface area contributed by atoms with Crippen molar-refractivity contribution in [1.29, 1.82) is 0 Å². The van der Waals surface area contributed by atoms with E-state index in [1.807, 2.05) is 0 Å². The first-order valence-electron chi connectivity index (χ1n) is 6.48. The maximum atomic E-state index is 11.9. The third-order valence-electron chi connectivity index (χ3n) is 2.98. The smallest absolute Gasteiger partial charge is 0.309 e. The van der Waals surface area contributed by atoms with Crippen molar-refractivity contribution in [2.24, 2.45) is 5.41 Å². The van der Waals surface area contributed by atoms with Crippen LogP contribution >= 0.6 is 0 Å². The molecule has 1 aromatic rings. The lowest BCUT2D eigenvalue weighted by molar-refractivity contribution is -0.148. The molecule has 0 bridgehead atoms. The molecule has 21 heavy (non-hydrogen) atoms. The van der Waals surface area contributed by atoms with Crippen molar-refractivity contribution in [2.45, 2.75) is 20.3 Å². The van der Waals surface area contributed by atoms with Gasteiger partial charge in [-0.1, -0.05) is 6.07 Å². The standard InChI is InChI=1S/C15H20N2O4/c1-15(2,14(20)21)9-12(18)16-11-7-5-6-10(8-11)13(19)17(3)4/h5-8H,9H2,1-4H3,(H,16,18)(H,20,21). The average Bonchev–Trinajstić information content (AvgIpc) is 2.36. The van der Waals surface area contributed by atoms with Crippen LogP contribution in [-0.4, -0.2) is 41.9 Å². The lowest BCUT2D eigenvalue weighted by Crippen LogP contribution is -2.29. The maximum absolute atomic E-state index is 11.9. The maximum Gasteiger partial charge on any atom is 0.309 e. The minimum atomic E-state index is -1.14. The van der Waals surface area contributed by atoms with E-state index in [-0.39, 0.29) is 12.3 Å². The Bertz CT molecular complexity index is 565. The molecule has 0 radical (unpaired) electrons. The third-order valence-corrected chi connectivity index (χ3v) is 2.98. The predicted molar refractivity (Wildman–Crippen MR) is 79.1 cm³/mol. The van der Waals surface area contributed by atoms with Gasteiger partial charge in [0, 0.05) is 31.8 Å². The fourth-order valence-electron chi connectivity index (χ4n) is 1.67. The van der Waals surface area contributed by atoms with E-state index in [2.05, 4.69) is 5.32 Å². The topological polar surface area (TPSA) is 86.7 Å². The molecule has 0 fully saturated rings. The summed E-state index contributed by atoms with van der Waals surface area (Å²) in [6, 6.07) is 6.53. The van der Waals surface area contributed by atoms with E-state index < -0.39 is 17.3 Å². The van der Waals surface area contributed by atoms with Gasteiger partial charge in [0.05, 0.1) is 5.41 Å². The van der Waals surface area contributed by atoms with Gasteiger partial charge in [-0.2, -0.15) is 0 Å². The number of hydrogen-bond acceptors (Lipinski definition) is 3. The predicted octanol–water partition coefficient (Wildman–Crippen LogP) is 1.83. The summed E-state index contributed by atoms with van der Waals surface area (Å²) in [5, 5.41) is 11.6. The Morgan fingerprint density at radius 1 is 1.24 bits per heavy atom. The second kappa shape index (κ2) is 6.39. The van der Waals surface area contributed by atoms with Crippen LogP contribution in [0, 0.1) is 5.41 Å². The van der Waals surface area contributed by atoms with Crippen molar-refractivity contribution in [3.05, 3.63) is 29.8 Å². The van der Waals surface area contributed by atoms with Crippen molar-refractivity contribution >= 4 is 23.5 Å². The number of nitrogens with zero attached hydrogens (tertiary/aromatic N) is 1. The van der Waals surface area contributed by atoms with Gasteiger partial charge in [0.1, 0.15) is 0 Å². The lowest BCUT2D eigenvalue weighted by atomic mass is 9.89. The Labute approximate surface area is 123 Å². The first kappa shape index (κ1) is 16.7. The molecule has 0 aliphatic carbocycles.